The molecule has 0 aromatic heterocycles. The van der Waals surface area contributed by atoms with E-state index in [4.69, 9.17) is 4.74 Å². The highest BCUT2D eigenvalue weighted by Gasteiger charge is 2.61. The predicted molar refractivity (Wildman–Crippen MR) is 97.5 cm³/mol. The molecule has 7 nitrogen and oxygen atoms in total. The van der Waals surface area contributed by atoms with Gasteiger partial charge in [0.05, 0.1) is 11.1 Å². The first kappa shape index (κ1) is 17.8. The van der Waals surface area contributed by atoms with E-state index in [0.717, 1.165) is 4.90 Å². The summed E-state index contributed by atoms with van der Waals surface area (Å²) in [6, 6.07) is 5.59. The Bertz CT molecular complexity index is 911. The van der Waals surface area contributed by atoms with Gasteiger partial charge in [0.1, 0.15) is 22.7 Å². The number of carbonyl (C=O) groups is 4. The maximum Gasteiger partial charge on any atom is 0.356 e. The fraction of sp³-hybridized carbons (Fsp3) is 0.368. The second-order valence-corrected chi connectivity index (χ2v) is 8.93. The van der Waals surface area contributed by atoms with Gasteiger partial charge in [-0.2, -0.15) is 0 Å². The van der Waals surface area contributed by atoms with Crippen LogP contribution in [0.25, 0.3) is 0 Å². The van der Waals surface area contributed by atoms with Crippen LogP contribution >= 0.6 is 11.8 Å². The molecule has 4 rings (SSSR count). The quantitative estimate of drug-likeness (QED) is 0.440. The molecule has 0 spiro atoms. The Morgan fingerprint density at radius 2 is 1.59 bits per heavy atom. The van der Waals surface area contributed by atoms with Crippen molar-refractivity contribution in [2.45, 2.75) is 44.7 Å². The van der Waals surface area contributed by atoms with Gasteiger partial charge in [0.2, 0.25) is 0 Å². The average Bonchev–Trinajstić information content (AvgIpc) is 3.02. The lowest BCUT2D eigenvalue weighted by Gasteiger charge is -2.45. The molecule has 1 fully saturated rings. The van der Waals surface area contributed by atoms with Gasteiger partial charge in [0, 0.05) is 4.91 Å². The van der Waals surface area contributed by atoms with Crippen LogP contribution in [-0.4, -0.2) is 50.5 Å². The third-order valence-corrected chi connectivity index (χ3v) is 5.84. The van der Waals surface area contributed by atoms with Crippen molar-refractivity contribution in [3.05, 3.63) is 46.0 Å². The number of esters is 1. The molecule has 27 heavy (non-hydrogen) atoms. The highest BCUT2D eigenvalue weighted by atomic mass is 32.2. The van der Waals surface area contributed by atoms with Gasteiger partial charge in [-0.15, -0.1) is 11.8 Å². The van der Waals surface area contributed by atoms with Gasteiger partial charge in [0.15, 0.2) is 0 Å². The summed E-state index contributed by atoms with van der Waals surface area (Å²) in [5, 5.41) is -0.498. The van der Waals surface area contributed by atoms with E-state index in [1.165, 1.54) is 16.7 Å². The van der Waals surface area contributed by atoms with Crippen molar-refractivity contribution in [3.8, 4) is 0 Å². The van der Waals surface area contributed by atoms with Crippen molar-refractivity contribution >= 4 is 35.5 Å². The van der Waals surface area contributed by atoms with Crippen LogP contribution in [0, 0.1) is 0 Å². The third kappa shape index (κ3) is 2.50. The Hall–Kier alpha value is -2.61. The monoisotopic (exact) mass is 386 g/mol. The number of amides is 3. The van der Waals surface area contributed by atoms with Crippen molar-refractivity contribution in [2.24, 2.45) is 0 Å². The molecule has 3 amide bonds. The lowest BCUT2D eigenvalue weighted by Crippen LogP contribution is -2.68. The number of benzene rings is 1. The van der Waals surface area contributed by atoms with Crippen LogP contribution in [-0.2, 0) is 14.3 Å². The normalized spacial score (nSPS) is 24.2. The van der Waals surface area contributed by atoms with E-state index in [9.17, 15) is 19.2 Å². The molecular weight excluding hydrogens is 368 g/mol. The Kier molecular flexibility index (Phi) is 3.75. The highest BCUT2D eigenvalue weighted by Crippen LogP contribution is 2.49. The number of rotatable bonds is 2. The van der Waals surface area contributed by atoms with Crippen LogP contribution in [0.2, 0.25) is 0 Å². The fourth-order valence-corrected chi connectivity index (χ4v) is 4.81. The number of imide groups is 1. The minimum Gasteiger partial charge on any atom is -0.455 e. The number of hydrogen-bond donors (Lipinski definition) is 0. The van der Waals surface area contributed by atoms with Crippen LogP contribution in [0.3, 0.4) is 0 Å². The van der Waals surface area contributed by atoms with Gasteiger partial charge in [-0.05, 0) is 39.8 Å². The Balaban J connectivity index is 1.60. The summed E-state index contributed by atoms with van der Waals surface area (Å²) in [6.07, 6.45) is 0. The summed E-state index contributed by atoms with van der Waals surface area (Å²) in [4.78, 5) is 53.7. The zero-order valence-electron chi connectivity index (χ0n) is 15.3. The molecule has 2 atom stereocenters. The molecule has 1 aromatic rings. The zero-order valence-corrected chi connectivity index (χ0v) is 16.1. The molecule has 0 radical (unpaired) electrons. The Morgan fingerprint density at radius 1 is 1.04 bits per heavy atom. The summed E-state index contributed by atoms with van der Waals surface area (Å²) >= 11 is 1.30. The molecular formula is C19H18N2O5S. The van der Waals surface area contributed by atoms with E-state index in [-0.39, 0.29) is 5.70 Å². The van der Waals surface area contributed by atoms with Crippen LogP contribution in [0.15, 0.2) is 34.9 Å². The van der Waals surface area contributed by atoms with Crippen molar-refractivity contribution in [3.63, 3.8) is 0 Å². The number of ether oxygens (including phenoxy) is 1. The first-order chi connectivity index (χ1) is 12.6. The Morgan fingerprint density at radius 3 is 2.11 bits per heavy atom. The summed E-state index contributed by atoms with van der Waals surface area (Å²) in [7, 11) is 0. The molecule has 0 bridgehead atoms. The maximum atomic E-state index is 12.8. The van der Waals surface area contributed by atoms with E-state index < -0.39 is 40.7 Å². The van der Waals surface area contributed by atoms with Gasteiger partial charge in [-0.3, -0.25) is 24.2 Å². The largest absolute Gasteiger partial charge is 0.455 e. The highest BCUT2D eigenvalue weighted by molar-refractivity contribution is 8.04. The lowest BCUT2D eigenvalue weighted by atomic mass is 10.0. The van der Waals surface area contributed by atoms with E-state index in [1.54, 1.807) is 52.0 Å². The first-order valence-corrected chi connectivity index (χ1v) is 9.40. The number of fused-ring (bicyclic) bond motifs is 2. The summed E-state index contributed by atoms with van der Waals surface area (Å²) in [6.45, 7) is 6.98. The summed E-state index contributed by atoms with van der Waals surface area (Å²) < 4.78 is 5.40. The zero-order chi connectivity index (χ0) is 19.7. The average molecular weight is 386 g/mol. The molecule has 140 valence electrons. The minimum absolute atomic E-state index is 0.192. The second kappa shape index (κ2) is 5.69. The van der Waals surface area contributed by atoms with Gasteiger partial charge in [-0.1, -0.05) is 12.1 Å². The van der Waals surface area contributed by atoms with Gasteiger partial charge in [-0.25, -0.2) is 4.79 Å². The molecule has 0 saturated carbocycles. The predicted octanol–water partition coefficient (Wildman–Crippen LogP) is 2.14. The molecule has 0 unspecified atom stereocenters. The molecule has 1 saturated heterocycles. The number of hydrogen-bond acceptors (Lipinski definition) is 6. The number of allylic oxidation sites excluding steroid dienone is 1. The first-order valence-electron chi connectivity index (χ1n) is 8.52. The maximum absolute atomic E-state index is 12.8. The van der Waals surface area contributed by atoms with Crippen molar-refractivity contribution < 1.29 is 23.9 Å². The minimum atomic E-state index is -0.919. The van der Waals surface area contributed by atoms with Crippen LogP contribution in [0.5, 0.6) is 0 Å². The topological polar surface area (TPSA) is 84.0 Å². The number of β-lactam (4-membered cyclic amide) rings is 1. The van der Waals surface area contributed by atoms with Gasteiger partial charge in [0.25, 0.3) is 17.7 Å². The molecule has 0 N–H and O–H groups in total. The van der Waals surface area contributed by atoms with Crippen molar-refractivity contribution in [1.29, 1.82) is 0 Å². The molecule has 3 heterocycles. The van der Waals surface area contributed by atoms with E-state index in [0.29, 0.717) is 16.0 Å². The van der Waals surface area contributed by atoms with Crippen LogP contribution < -0.4 is 0 Å². The van der Waals surface area contributed by atoms with Crippen LogP contribution in [0.1, 0.15) is 48.4 Å². The summed E-state index contributed by atoms with van der Waals surface area (Å²) in [5.74, 6) is -1.97. The van der Waals surface area contributed by atoms with Crippen molar-refractivity contribution in [2.75, 3.05) is 0 Å². The second-order valence-electron chi connectivity index (χ2n) is 7.59. The molecule has 0 aliphatic carbocycles. The molecule has 3 aliphatic heterocycles. The number of nitrogens with zero attached hydrogens (tertiary/aromatic N) is 2. The van der Waals surface area contributed by atoms with E-state index >= 15 is 0 Å². The molecule has 3 aliphatic rings. The Labute approximate surface area is 160 Å². The fourth-order valence-electron chi connectivity index (χ4n) is 3.48. The van der Waals surface area contributed by atoms with Crippen LogP contribution in [0.4, 0.5) is 0 Å². The molecule has 8 heteroatoms. The smallest absolute Gasteiger partial charge is 0.356 e. The number of thioether (sulfide) groups is 1. The van der Waals surface area contributed by atoms with E-state index in [2.05, 4.69) is 0 Å². The third-order valence-electron chi connectivity index (χ3n) is 4.58. The number of carbonyl (C=O) groups excluding carboxylic acids is 4. The summed E-state index contributed by atoms with van der Waals surface area (Å²) in [5.41, 5.74) is 0.101. The standard InChI is InChI=1S/C19H18N2O5S/c1-9-12(18(25)26-19(2,3)4)21-16(24)13(17(21)27-9)20-14(22)10-7-5-6-8-11(10)15(20)23/h5-8,13,17H,1-4H3/t13-,17-/m1/s1. The van der Waals surface area contributed by atoms with Crippen molar-refractivity contribution in [1.82, 2.24) is 9.80 Å². The molecule has 1 aromatic carbocycles. The van der Waals surface area contributed by atoms with Gasteiger partial charge < -0.3 is 4.74 Å². The van der Waals surface area contributed by atoms with E-state index in [1.807, 2.05) is 0 Å². The SMILES string of the molecule is CC1=C(C(=O)OC(C)(C)C)N2C(=O)[C@@H](N3C(=O)c4ccccc4C3=O)[C@H]2S1. The van der Waals surface area contributed by atoms with Gasteiger partial charge >= 0.3 is 5.97 Å². The lowest BCUT2D eigenvalue weighted by molar-refractivity contribution is -0.159.